The lowest BCUT2D eigenvalue weighted by Gasteiger charge is -2.09. The van der Waals surface area contributed by atoms with E-state index in [0.717, 1.165) is 0 Å². The molecule has 1 aromatic heterocycles. The molecule has 1 rings (SSSR count). The van der Waals surface area contributed by atoms with Crippen LogP contribution in [0.4, 0.5) is 8.78 Å². The first-order valence-electron chi connectivity index (χ1n) is 3.68. The van der Waals surface area contributed by atoms with Crippen LogP contribution in [-0.4, -0.2) is 10.9 Å². The summed E-state index contributed by atoms with van der Waals surface area (Å²) in [5.74, 6) is -0.795. The maximum Gasteiger partial charge on any atom is 0.268 e. The minimum Gasteiger partial charge on any atom is -0.364 e. The summed E-state index contributed by atoms with van der Waals surface area (Å²) < 4.78 is 25.2. The molecule has 0 saturated heterocycles. The molecule has 0 atom stereocenters. The Balaban J connectivity index is 3.41. The van der Waals surface area contributed by atoms with Crippen LogP contribution in [0.1, 0.15) is 28.0 Å². The number of aryl methyl sites for hydroxylation is 1. The van der Waals surface area contributed by atoms with Crippen LogP contribution in [-0.2, 0) is 0 Å². The second kappa shape index (κ2) is 4.16. The zero-order chi connectivity index (χ0) is 10.9. The summed E-state index contributed by atoms with van der Waals surface area (Å²) >= 11 is 1.65. The third-order valence-electron chi connectivity index (χ3n) is 1.71. The smallest absolute Gasteiger partial charge is 0.268 e. The molecular formula is C8H7F2IN2O. The molecule has 0 aliphatic rings. The number of halogens is 3. The van der Waals surface area contributed by atoms with Gasteiger partial charge < -0.3 is 5.73 Å². The molecule has 0 aromatic carbocycles. The van der Waals surface area contributed by atoms with E-state index in [0.29, 0.717) is 5.56 Å². The van der Waals surface area contributed by atoms with Crippen molar-refractivity contribution < 1.29 is 13.6 Å². The molecule has 14 heavy (non-hydrogen) atoms. The minimum absolute atomic E-state index is 0.105. The molecule has 0 fully saturated rings. The molecule has 0 bridgehead atoms. The van der Waals surface area contributed by atoms with Gasteiger partial charge in [0.2, 0.25) is 0 Å². The number of carbonyl (C=O) groups is 1. The summed E-state index contributed by atoms with van der Waals surface area (Å²) in [5.41, 5.74) is 5.06. The van der Waals surface area contributed by atoms with E-state index in [1.807, 2.05) is 0 Å². The Morgan fingerprint density at radius 1 is 1.64 bits per heavy atom. The standard InChI is InChI=1S/C8H7F2IN2O/c1-3-2-13-6(8(12)14)5(11)4(3)7(9)10/h2,7H,1H3,(H2,12,14). The number of nitrogens with two attached hydrogens (primary N) is 1. The second-order valence-corrected chi connectivity index (χ2v) is 3.76. The number of carbonyl (C=O) groups excluding carboxylic acids is 1. The fraction of sp³-hybridized carbons (Fsp3) is 0.250. The van der Waals surface area contributed by atoms with Crippen molar-refractivity contribution in [2.75, 3.05) is 0 Å². The van der Waals surface area contributed by atoms with Crippen LogP contribution in [0.2, 0.25) is 0 Å². The van der Waals surface area contributed by atoms with E-state index in [4.69, 9.17) is 5.73 Å². The van der Waals surface area contributed by atoms with Crippen molar-refractivity contribution in [3.8, 4) is 0 Å². The maximum atomic E-state index is 12.5. The third-order valence-corrected chi connectivity index (χ3v) is 2.80. The number of pyridine rings is 1. The van der Waals surface area contributed by atoms with E-state index in [-0.39, 0.29) is 14.8 Å². The van der Waals surface area contributed by atoms with Crippen LogP contribution in [0, 0.1) is 10.5 Å². The largest absolute Gasteiger partial charge is 0.364 e. The molecule has 0 unspecified atom stereocenters. The topological polar surface area (TPSA) is 56.0 Å². The average molecular weight is 312 g/mol. The number of hydrogen-bond donors (Lipinski definition) is 1. The van der Waals surface area contributed by atoms with E-state index in [1.54, 1.807) is 22.6 Å². The fourth-order valence-corrected chi connectivity index (χ4v) is 2.09. The quantitative estimate of drug-likeness (QED) is 0.850. The molecule has 0 saturated carbocycles. The highest BCUT2D eigenvalue weighted by molar-refractivity contribution is 14.1. The minimum atomic E-state index is -2.62. The van der Waals surface area contributed by atoms with Crippen molar-refractivity contribution in [1.82, 2.24) is 4.98 Å². The van der Waals surface area contributed by atoms with E-state index in [2.05, 4.69) is 4.98 Å². The summed E-state index contributed by atoms with van der Waals surface area (Å²) in [5, 5.41) is 0. The van der Waals surface area contributed by atoms with Gasteiger partial charge in [-0.1, -0.05) is 0 Å². The number of hydrogen-bond acceptors (Lipinski definition) is 2. The van der Waals surface area contributed by atoms with Crippen molar-refractivity contribution in [2.45, 2.75) is 13.3 Å². The van der Waals surface area contributed by atoms with Crippen LogP contribution < -0.4 is 5.73 Å². The molecule has 2 N–H and O–H groups in total. The second-order valence-electron chi connectivity index (χ2n) is 2.68. The lowest BCUT2D eigenvalue weighted by atomic mass is 10.1. The Morgan fingerprint density at radius 3 is 2.64 bits per heavy atom. The van der Waals surface area contributed by atoms with Gasteiger partial charge in [0, 0.05) is 11.8 Å². The van der Waals surface area contributed by atoms with Gasteiger partial charge in [0.05, 0.1) is 3.57 Å². The first-order valence-corrected chi connectivity index (χ1v) is 4.76. The zero-order valence-corrected chi connectivity index (χ0v) is 9.38. The molecular weight excluding hydrogens is 305 g/mol. The molecule has 76 valence electrons. The number of aromatic nitrogens is 1. The zero-order valence-electron chi connectivity index (χ0n) is 7.22. The molecule has 6 heteroatoms. The number of alkyl halides is 2. The van der Waals surface area contributed by atoms with Crippen molar-refractivity contribution >= 4 is 28.5 Å². The monoisotopic (exact) mass is 312 g/mol. The SMILES string of the molecule is Cc1cnc(C(N)=O)c(I)c1C(F)F. The third kappa shape index (κ3) is 1.99. The Bertz CT molecular complexity index is 382. The Morgan fingerprint density at radius 2 is 2.21 bits per heavy atom. The molecule has 1 aromatic rings. The summed E-state index contributed by atoms with van der Waals surface area (Å²) in [7, 11) is 0. The normalized spacial score (nSPS) is 10.6. The Kier molecular flexibility index (Phi) is 3.35. The lowest BCUT2D eigenvalue weighted by molar-refractivity contribution is 0.0993. The van der Waals surface area contributed by atoms with E-state index in [1.165, 1.54) is 13.1 Å². The first-order chi connectivity index (χ1) is 6.45. The van der Waals surface area contributed by atoms with Gasteiger partial charge in [0.15, 0.2) is 0 Å². The van der Waals surface area contributed by atoms with Gasteiger partial charge in [-0.2, -0.15) is 0 Å². The number of primary amides is 1. The van der Waals surface area contributed by atoms with E-state index in [9.17, 15) is 13.6 Å². The van der Waals surface area contributed by atoms with Gasteiger partial charge in [-0.15, -0.1) is 0 Å². The van der Waals surface area contributed by atoms with Crippen molar-refractivity contribution in [3.05, 3.63) is 26.6 Å². The number of amides is 1. The van der Waals surface area contributed by atoms with Crippen molar-refractivity contribution in [1.29, 1.82) is 0 Å². The number of rotatable bonds is 2. The maximum absolute atomic E-state index is 12.5. The number of nitrogens with zero attached hydrogens (tertiary/aromatic N) is 1. The Labute approximate surface area is 92.8 Å². The van der Waals surface area contributed by atoms with Gasteiger partial charge in [-0.25, -0.2) is 13.8 Å². The summed E-state index contributed by atoms with van der Waals surface area (Å²) in [6.07, 6.45) is -1.40. The summed E-state index contributed by atoms with van der Waals surface area (Å²) in [4.78, 5) is 14.5. The molecule has 0 aliphatic carbocycles. The van der Waals surface area contributed by atoms with Crippen LogP contribution in [0.3, 0.4) is 0 Å². The lowest BCUT2D eigenvalue weighted by Crippen LogP contribution is -2.16. The molecule has 0 spiro atoms. The summed E-state index contributed by atoms with van der Waals surface area (Å²) in [6, 6.07) is 0. The van der Waals surface area contributed by atoms with Gasteiger partial charge >= 0.3 is 0 Å². The molecule has 0 aliphatic heterocycles. The Hall–Kier alpha value is -0.790. The predicted octanol–water partition coefficient (Wildman–Crippen LogP) is 2.03. The van der Waals surface area contributed by atoms with E-state index < -0.39 is 12.3 Å². The highest BCUT2D eigenvalue weighted by Gasteiger charge is 2.20. The molecule has 1 amide bonds. The van der Waals surface area contributed by atoms with E-state index >= 15 is 0 Å². The van der Waals surface area contributed by atoms with Crippen LogP contribution in [0.15, 0.2) is 6.20 Å². The van der Waals surface area contributed by atoms with Gasteiger partial charge in [0.25, 0.3) is 12.3 Å². The highest BCUT2D eigenvalue weighted by Crippen LogP contribution is 2.28. The highest BCUT2D eigenvalue weighted by atomic mass is 127. The predicted molar refractivity (Wildman–Crippen MR) is 55.2 cm³/mol. The first kappa shape index (κ1) is 11.3. The van der Waals surface area contributed by atoms with Crippen LogP contribution >= 0.6 is 22.6 Å². The summed E-state index contributed by atoms with van der Waals surface area (Å²) in [6.45, 7) is 1.52. The van der Waals surface area contributed by atoms with Gasteiger partial charge in [-0.3, -0.25) is 4.79 Å². The fourth-order valence-electron chi connectivity index (χ4n) is 1.03. The van der Waals surface area contributed by atoms with Crippen molar-refractivity contribution in [3.63, 3.8) is 0 Å². The molecule has 3 nitrogen and oxygen atoms in total. The molecule has 1 heterocycles. The molecule has 0 radical (unpaired) electrons. The average Bonchev–Trinajstić information content (AvgIpc) is 2.02. The van der Waals surface area contributed by atoms with Crippen LogP contribution in [0.5, 0.6) is 0 Å². The van der Waals surface area contributed by atoms with Gasteiger partial charge in [-0.05, 0) is 35.1 Å². The van der Waals surface area contributed by atoms with Crippen molar-refractivity contribution in [2.24, 2.45) is 5.73 Å². The van der Waals surface area contributed by atoms with Gasteiger partial charge in [0.1, 0.15) is 5.69 Å². The van der Waals surface area contributed by atoms with Crippen LogP contribution in [0.25, 0.3) is 0 Å².